The Bertz CT molecular complexity index is 1360. The van der Waals surface area contributed by atoms with Crippen LogP contribution in [0.25, 0.3) is 27.9 Å². The number of para-hydroxylation sites is 2. The molecule has 0 atom stereocenters. The molecule has 148 valence electrons. The molecule has 7 nitrogen and oxygen atoms in total. The van der Waals surface area contributed by atoms with Crippen LogP contribution in [0.15, 0.2) is 76.5 Å². The lowest BCUT2D eigenvalue weighted by Gasteiger charge is -2.05. The quantitative estimate of drug-likeness (QED) is 0.229. The highest BCUT2D eigenvalue weighted by molar-refractivity contribution is 7.99. The van der Waals surface area contributed by atoms with Crippen molar-refractivity contribution in [1.82, 2.24) is 19.6 Å². The SMILES string of the molecule is COc1ccccc1-c1nc2c3ccccc3nc(SCC(=O)c3ccco3)n2n1. The third-order valence-corrected chi connectivity index (χ3v) is 5.55. The number of carbonyl (C=O) groups is 1. The van der Waals surface area contributed by atoms with Crippen LogP contribution in [0.4, 0.5) is 0 Å². The van der Waals surface area contributed by atoms with Gasteiger partial charge in [-0.25, -0.2) is 9.97 Å². The highest BCUT2D eigenvalue weighted by atomic mass is 32.2. The Balaban J connectivity index is 1.62. The van der Waals surface area contributed by atoms with Gasteiger partial charge in [0.1, 0.15) is 5.75 Å². The lowest BCUT2D eigenvalue weighted by atomic mass is 10.2. The first-order valence-electron chi connectivity index (χ1n) is 9.23. The minimum atomic E-state index is -0.113. The molecule has 0 fully saturated rings. The molecular weight excluding hydrogens is 400 g/mol. The second-order valence-electron chi connectivity index (χ2n) is 6.47. The van der Waals surface area contributed by atoms with Crippen molar-refractivity contribution in [2.24, 2.45) is 0 Å². The Labute approximate surface area is 175 Å². The minimum Gasteiger partial charge on any atom is -0.496 e. The first kappa shape index (κ1) is 18.4. The smallest absolute Gasteiger partial charge is 0.208 e. The number of Topliss-reactive ketones (excluding diaryl/α,β-unsaturated/α-hetero) is 1. The molecule has 2 aromatic carbocycles. The van der Waals surface area contributed by atoms with Gasteiger partial charge in [-0.2, -0.15) is 4.52 Å². The van der Waals surface area contributed by atoms with Gasteiger partial charge in [0.05, 0.1) is 30.2 Å². The Morgan fingerprint density at radius 3 is 2.73 bits per heavy atom. The number of furan rings is 1. The molecule has 0 bridgehead atoms. The number of carbonyl (C=O) groups excluding carboxylic acids is 1. The van der Waals surface area contributed by atoms with Crippen LogP contribution >= 0.6 is 11.8 Å². The maximum atomic E-state index is 12.4. The van der Waals surface area contributed by atoms with Crippen LogP contribution in [0.1, 0.15) is 10.6 Å². The fourth-order valence-electron chi connectivity index (χ4n) is 3.21. The Hall–Kier alpha value is -3.65. The molecule has 0 aliphatic rings. The minimum absolute atomic E-state index is 0.113. The van der Waals surface area contributed by atoms with E-state index in [0.717, 1.165) is 16.5 Å². The molecule has 3 aromatic heterocycles. The van der Waals surface area contributed by atoms with Gasteiger partial charge < -0.3 is 9.15 Å². The Morgan fingerprint density at radius 1 is 1.07 bits per heavy atom. The summed E-state index contributed by atoms with van der Waals surface area (Å²) in [5.74, 6) is 1.61. The Kier molecular flexibility index (Phi) is 4.68. The van der Waals surface area contributed by atoms with Gasteiger partial charge in [0.25, 0.3) is 0 Å². The monoisotopic (exact) mass is 416 g/mol. The van der Waals surface area contributed by atoms with Crippen LogP contribution in [0.2, 0.25) is 0 Å². The molecule has 30 heavy (non-hydrogen) atoms. The zero-order valence-corrected chi connectivity index (χ0v) is 16.8. The topological polar surface area (TPSA) is 82.5 Å². The van der Waals surface area contributed by atoms with Crippen LogP contribution in [-0.4, -0.2) is 38.2 Å². The van der Waals surface area contributed by atoms with Crippen molar-refractivity contribution in [2.45, 2.75) is 5.16 Å². The number of aromatic nitrogens is 4. The van der Waals surface area contributed by atoms with Gasteiger partial charge in [-0.1, -0.05) is 36.0 Å². The van der Waals surface area contributed by atoms with Gasteiger partial charge in [0.2, 0.25) is 5.78 Å². The fraction of sp³-hybridized carbons (Fsp3) is 0.0909. The molecule has 0 aliphatic heterocycles. The molecule has 0 amide bonds. The Morgan fingerprint density at radius 2 is 1.90 bits per heavy atom. The summed E-state index contributed by atoms with van der Waals surface area (Å²) in [4.78, 5) is 21.9. The summed E-state index contributed by atoms with van der Waals surface area (Å²) in [6.07, 6.45) is 1.49. The van der Waals surface area contributed by atoms with Crippen molar-refractivity contribution < 1.29 is 13.9 Å². The normalized spacial score (nSPS) is 11.2. The van der Waals surface area contributed by atoms with Crippen molar-refractivity contribution in [3.63, 3.8) is 0 Å². The number of fused-ring (bicyclic) bond motifs is 3. The molecular formula is C22H16N4O3S. The number of nitrogens with zero attached hydrogens (tertiary/aromatic N) is 4. The summed E-state index contributed by atoms with van der Waals surface area (Å²) in [7, 11) is 1.62. The number of ketones is 1. The highest BCUT2D eigenvalue weighted by Crippen LogP contribution is 2.30. The van der Waals surface area contributed by atoms with E-state index in [1.165, 1.54) is 18.0 Å². The van der Waals surface area contributed by atoms with E-state index in [1.807, 2.05) is 48.5 Å². The molecule has 0 N–H and O–H groups in total. The van der Waals surface area contributed by atoms with Crippen molar-refractivity contribution in [1.29, 1.82) is 0 Å². The highest BCUT2D eigenvalue weighted by Gasteiger charge is 2.18. The van der Waals surface area contributed by atoms with E-state index in [0.29, 0.717) is 28.1 Å². The van der Waals surface area contributed by atoms with E-state index < -0.39 is 0 Å². The fourth-order valence-corrected chi connectivity index (χ4v) is 4.02. The number of benzene rings is 2. The average molecular weight is 416 g/mol. The largest absolute Gasteiger partial charge is 0.496 e. The van der Waals surface area contributed by atoms with Crippen LogP contribution in [0, 0.1) is 0 Å². The predicted molar refractivity (Wildman–Crippen MR) is 114 cm³/mol. The molecule has 0 saturated heterocycles. The van der Waals surface area contributed by atoms with Crippen molar-refractivity contribution in [3.8, 4) is 17.1 Å². The van der Waals surface area contributed by atoms with E-state index >= 15 is 0 Å². The van der Waals surface area contributed by atoms with Crippen LogP contribution < -0.4 is 4.74 Å². The molecule has 3 heterocycles. The number of methoxy groups -OCH3 is 1. The maximum Gasteiger partial charge on any atom is 0.208 e. The van der Waals surface area contributed by atoms with Crippen molar-refractivity contribution in [2.75, 3.05) is 12.9 Å². The molecule has 0 aliphatic carbocycles. The molecule has 0 spiro atoms. The number of hydrogen-bond acceptors (Lipinski definition) is 7. The summed E-state index contributed by atoms with van der Waals surface area (Å²) in [5, 5.41) is 6.15. The number of thioether (sulfide) groups is 1. The summed E-state index contributed by atoms with van der Waals surface area (Å²) >= 11 is 1.30. The number of rotatable bonds is 6. The van der Waals surface area contributed by atoms with Gasteiger partial charge in [-0.05, 0) is 36.4 Å². The zero-order chi connectivity index (χ0) is 20.5. The summed E-state index contributed by atoms with van der Waals surface area (Å²) in [5.41, 5.74) is 2.25. The third-order valence-electron chi connectivity index (χ3n) is 4.63. The second kappa shape index (κ2) is 7.64. The molecule has 0 saturated carbocycles. The van der Waals surface area contributed by atoms with Crippen molar-refractivity contribution >= 4 is 34.1 Å². The van der Waals surface area contributed by atoms with Crippen molar-refractivity contribution in [3.05, 3.63) is 72.7 Å². The molecule has 8 heteroatoms. The van der Waals surface area contributed by atoms with Crippen LogP contribution in [0.3, 0.4) is 0 Å². The molecule has 0 unspecified atom stereocenters. The second-order valence-corrected chi connectivity index (χ2v) is 7.41. The van der Waals surface area contributed by atoms with Gasteiger partial charge in [0.15, 0.2) is 22.4 Å². The molecule has 0 radical (unpaired) electrons. The molecule has 5 rings (SSSR count). The van der Waals surface area contributed by atoms with E-state index in [1.54, 1.807) is 23.8 Å². The first-order chi connectivity index (χ1) is 14.7. The standard InChI is InChI=1S/C22H16N4O3S/c1-28-18-10-5-3-8-15(18)20-24-21-14-7-2-4-9-16(14)23-22(26(21)25-20)30-13-17(27)19-11-6-12-29-19/h2-12H,13H2,1H3. The summed E-state index contributed by atoms with van der Waals surface area (Å²) in [6, 6.07) is 18.7. The van der Waals surface area contributed by atoms with Gasteiger partial charge >= 0.3 is 0 Å². The lowest BCUT2D eigenvalue weighted by Crippen LogP contribution is -2.04. The lowest BCUT2D eigenvalue weighted by molar-refractivity contribution is 0.0992. The summed E-state index contributed by atoms with van der Waals surface area (Å²) < 4.78 is 12.4. The molecule has 5 aromatic rings. The number of ether oxygens (including phenoxy) is 1. The van der Waals surface area contributed by atoms with Crippen LogP contribution in [0.5, 0.6) is 5.75 Å². The van der Waals surface area contributed by atoms with Gasteiger partial charge in [-0.15, -0.1) is 5.10 Å². The van der Waals surface area contributed by atoms with E-state index in [-0.39, 0.29) is 11.5 Å². The van der Waals surface area contributed by atoms with E-state index in [9.17, 15) is 4.79 Å². The van der Waals surface area contributed by atoms with Gasteiger partial charge in [-0.3, -0.25) is 4.79 Å². The van der Waals surface area contributed by atoms with Gasteiger partial charge in [0, 0.05) is 5.39 Å². The van der Waals surface area contributed by atoms with E-state index in [4.69, 9.17) is 19.1 Å². The zero-order valence-electron chi connectivity index (χ0n) is 16.0. The average Bonchev–Trinajstić information content (AvgIpc) is 3.48. The third kappa shape index (κ3) is 3.21. The summed E-state index contributed by atoms with van der Waals surface area (Å²) in [6.45, 7) is 0. The predicted octanol–water partition coefficient (Wildman–Crippen LogP) is 4.52. The maximum absolute atomic E-state index is 12.4. The number of hydrogen-bond donors (Lipinski definition) is 0. The van der Waals surface area contributed by atoms with E-state index in [2.05, 4.69) is 5.10 Å². The van der Waals surface area contributed by atoms with Crippen LogP contribution in [-0.2, 0) is 0 Å². The first-order valence-corrected chi connectivity index (χ1v) is 10.2.